The van der Waals surface area contributed by atoms with Gasteiger partial charge in [0.25, 0.3) is 11.6 Å². The number of thiazole rings is 1. The molecule has 0 fully saturated rings. The Labute approximate surface area is 177 Å². The van der Waals surface area contributed by atoms with Crippen LogP contribution in [0.4, 0.5) is 5.69 Å². The summed E-state index contributed by atoms with van der Waals surface area (Å²) in [6.45, 7) is 6.75. The van der Waals surface area contributed by atoms with Crippen LogP contribution in [0.25, 0.3) is 11.3 Å². The largest absolute Gasteiger partial charge is 0.316 e. The molecule has 0 saturated heterocycles. The molecule has 150 valence electrons. The number of rotatable bonds is 5. The second kappa shape index (κ2) is 8.71. The van der Waals surface area contributed by atoms with E-state index in [4.69, 9.17) is 11.6 Å². The molecule has 0 aliphatic heterocycles. The number of carbonyl (C=O) groups is 1. The maximum atomic E-state index is 12.7. The number of carbonyl (C=O) groups excluding carboxylic acids is 1. The predicted molar refractivity (Wildman–Crippen MR) is 116 cm³/mol. The number of amides is 1. The lowest BCUT2D eigenvalue weighted by Gasteiger charge is -2.09. The lowest BCUT2D eigenvalue weighted by molar-refractivity contribution is -0.384. The van der Waals surface area contributed by atoms with Gasteiger partial charge in [-0.05, 0) is 38.0 Å². The highest BCUT2D eigenvalue weighted by molar-refractivity contribution is 7.09. The molecule has 6 nitrogen and oxygen atoms in total. The van der Waals surface area contributed by atoms with Gasteiger partial charge in [-0.2, -0.15) is 4.99 Å². The monoisotopic (exact) mass is 429 g/mol. The van der Waals surface area contributed by atoms with Crippen molar-refractivity contribution >= 4 is 34.5 Å². The van der Waals surface area contributed by atoms with Gasteiger partial charge in [-0.3, -0.25) is 14.9 Å². The van der Waals surface area contributed by atoms with Crippen molar-refractivity contribution in [2.75, 3.05) is 0 Å². The van der Waals surface area contributed by atoms with Crippen molar-refractivity contribution in [3.05, 3.63) is 78.4 Å². The highest BCUT2D eigenvalue weighted by Crippen LogP contribution is 2.28. The Hall–Kier alpha value is -2.77. The van der Waals surface area contributed by atoms with E-state index in [1.54, 1.807) is 0 Å². The van der Waals surface area contributed by atoms with E-state index in [0.29, 0.717) is 11.3 Å². The Morgan fingerprint density at radius 1 is 1.21 bits per heavy atom. The van der Waals surface area contributed by atoms with Crippen LogP contribution >= 0.6 is 22.9 Å². The maximum Gasteiger partial charge on any atom is 0.288 e. The second-order valence-electron chi connectivity index (χ2n) is 6.46. The van der Waals surface area contributed by atoms with Gasteiger partial charge in [0.05, 0.1) is 10.6 Å². The molecule has 1 heterocycles. The first kappa shape index (κ1) is 21.0. The zero-order valence-electron chi connectivity index (χ0n) is 16.3. The quantitative estimate of drug-likeness (QED) is 0.401. The second-order valence-corrected chi connectivity index (χ2v) is 7.93. The Morgan fingerprint density at radius 2 is 1.90 bits per heavy atom. The molecule has 0 N–H and O–H groups in total. The number of benzene rings is 2. The molecule has 0 radical (unpaired) electrons. The van der Waals surface area contributed by atoms with E-state index >= 15 is 0 Å². The van der Waals surface area contributed by atoms with Crippen molar-refractivity contribution in [3.63, 3.8) is 0 Å². The summed E-state index contributed by atoms with van der Waals surface area (Å²) in [6.07, 6.45) is 0.810. The van der Waals surface area contributed by atoms with Crippen LogP contribution in [0.3, 0.4) is 0 Å². The van der Waals surface area contributed by atoms with Crippen LogP contribution in [0.5, 0.6) is 0 Å². The van der Waals surface area contributed by atoms with Crippen LogP contribution in [0.2, 0.25) is 5.02 Å². The lowest BCUT2D eigenvalue weighted by atomic mass is 10.1. The van der Waals surface area contributed by atoms with E-state index < -0.39 is 10.8 Å². The third-order valence-electron chi connectivity index (χ3n) is 4.53. The number of hydrogen-bond acceptors (Lipinski definition) is 4. The van der Waals surface area contributed by atoms with Gasteiger partial charge in [-0.15, -0.1) is 11.3 Å². The highest BCUT2D eigenvalue weighted by atomic mass is 35.5. The molecular weight excluding hydrogens is 410 g/mol. The Morgan fingerprint density at radius 3 is 2.48 bits per heavy atom. The number of aromatic nitrogens is 1. The third-order valence-corrected chi connectivity index (χ3v) is 6.07. The van der Waals surface area contributed by atoms with E-state index in [2.05, 4.69) is 36.2 Å². The zero-order valence-corrected chi connectivity index (χ0v) is 17.9. The normalized spacial score (nSPS) is 11.7. The number of hydrogen-bond donors (Lipinski definition) is 0. The maximum absolute atomic E-state index is 12.7. The number of halogens is 1. The van der Waals surface area contributed by atoms with Crippen LogP contribution in [0, 0.1) is 17.0 Å². The fraction of sp³-hybridized carbons (Fsp3) is 0.238. The van der Waals surface area contributed by atoms with Gasteiger partial charge in [0.2, 0.25) is 0 Å². The van der Waals surface area contributed by atoms with Gasteiger partial charge in [0, 0.05) is 23.1 Å². The molecular formula is C21H20ClN3O3S. The number of nitro groups is 1. The first-order chi connectivity index (χ1) is 13.8. The number of nitro benzene ring substituents is 1. The summed E-state index contributed by atoms with van der Waals surface area (Å²) < 4.78 is 2.01. The minimum atomic E-state index is -0.610. The van der Waals surface area contributed by atoms with Gasteiger partial charge < -0.3 is 4.57 Å². The van der Waals surface area contributed by atoms with Crippen LogP contribution < -0.4 is 4.80 Å². The molecule has 0 unspecified atom stereocenters. The van der Waals surface area contributed by atoms with E-state index in [0.717, 1.165) is 22.6 Å². The van der Waals surface area contributed by atoms with Gasteiger partial charge in [-0.1, -0.05) is 48.4 Å². The Bertz CT molecular complexity index is 1150. The zero-order chi connectivity index (χ0) is 21.1. The SMILES string of the molecule is CCc1sc(=NC(=O)c2ccc(Cl)c([N+](=O)[O-])c2)n(CC)c1-c1ccc(C)cc1. The summed E-state index contributed by atoms with van der Waals surface area (Å²) in [7, 11) is 0. The van der Waals surface area contributed by atoms with Crippen LogP contribution in [0.1, 0.15) is 34.6 Å². The summed E-state index contributed by atoms with van der Waals surface area (Å²) in [6, 6.07) is 12.2. The molecule has 0 atom stereocenters. The summed E-state index contributed by atoms with van der Waals surface area (Å²) in [4.78, 5) is 29.2. The molecule has 0 saturated carbocycles. The van der Waals surface area contributed by atoms with E-state index in [-0.39, 0.29) is 16.3 Å². The van der Waals surface area contributed by atoms with Crippen molar-refractivity contribution in [2.45, 2.75) is 33.7 Å². The topological polar surface area (TPSA) is 77.5 Å². The van der Waals surface area contributed by atoms with Gasteiger partial charge in [0.15, 0.2) is 4.80 Å². The molecule has 0 aliphatic carbocycles. The fourth-order valence-corrected chi connectivity index (χ4v) is 4.38. The predicted octanol–water partition coefficient (Wildman–Crippen LogP) is 5.41. The summed E-state index contributed by atoms with van der Waals surface area (Å²) in [5.41, 5.74) is 3.12. The Balaban J connectivity index is 2.12. The average molecular weight is 430 g/mol. The number of nitrogens with zero attached hydrogens (tertiary/aromatic N) is 3. The van der Waals surface area contributed by atoms with Crippen molar-refractivity contribution in [2.24, 2.45) is 4.99 Å². The number of aryl methyl sites for hydroxylation is 2. The van der Waals surface area contributed by atoms with Crippen molar-refractivity contribution < 1.29 is 9.72 Å². The van der Waals surface area contributed by atoms with E-state index in [9.17, 15) is 14.9 Å². The lowest BCUT2D eigenvalue weighted by Crippen LogP contribution is -2.17. The van der Waals surface area contributed by atoms with E-state index in [1.807, 2.05) is 18.4 Å². The van der Waals surface area contributed by atoms with E-state index in [1.165, 1.54) is 35.1 Å². The van der Waals surface area contributed by atoms with Crippen molar-refractivity contribution in [1.29, 1.82) is 0 Å². The fourth-order valence-electron chi connectivity index (χ4n) is 3.04. The standard InChI is InChI=1S/C21H20ClN3O3S/c1-4-18-19(14-8-6-13(3)7-9-14)24(5-2)21(29-18)23-20(26)15-10-11-16(22)17(12-15)25(27)28/h6-12H,4-5H2,1-3H3. The van der Waals surface area contributed by atoms with Gasteiger partial charge >= 0.3 is 0 Å². The third kappa shape index (κ3) is 4.31. The molecule has 29 heavy (non-hydrogen) atoms. The van der Waals surface area contributed by atoms with Crippen molar-refractivity contribution in [1.82, 2.24) is 4.57 Å². The molecule has 8 heteroatoms. The molecule has 3 aromatic rings. The molecule has 0 aliphatic rings. The molecule has 3 rings (SSSR count). The molecule has 1 aromatic heterocycles. The van der Waals surface area contributed by atoms with Crippen LogP contribution in [-0.2, 0) is 13.0 Å². The summed E-state index contributed by atoms with van der Waals surface area (Å²) in [5.74, 6) is -0.536. The van der Waals surface area contributed by atoms with Gasteiger partial charge in [0.1, 0.15) is 5.02 Å². The molecule has 1 amide bonds. The first-order valence-corrected chi connectivity index (χ1v) is 10.4. The minimum absolute atomic E-state index is 0.0128. The molecule has 0 spiro atoms. The molecule has 0 bridgehead atoms. The highest BCUT2D eigenvalue weighted by Gasteiger charge is 2.18. The van der Waals surface area contributed by atoms with Gasteiger partial charge in [-0.25, -0.2) is 0 Å². The summed E-state index contributed by atoms with van der Waals surface area (Å²) in [5, 5.41) is 11.1. The smallest absolute Gasteiger partial charge is 0.288 e. The van der Waals surface area contributed by atoms with Crippen LogP contribution in [0.15, 0.2) is 47.5 Å². The molecule has 2 aromatic carbocycles. The summed E-state index contributed by atoms with van der Waals surface area (Å²) >= 11 is 7.30. The minimum Gasteiger partial charge on any atom is -0.316 e. The average Bonchev–Trinajstić information content (AvgIpc) is 3.05. The van der Waals surface area contributed by atoms with Crippen LogP contribution in [-0.4, -0.2) is 15.4 Å². The van der Waals surface area contributed by atoms with Crippen molar-refractivity contribution in [3.8, 4) is 11.3 Å². The first-order valence-electron chi connectivity index (χ1n) is 9.18. The Kier molecular flexibility index (Phi) is 6.30.